The van der Waals surface area contributed by atoms with E-state index in [1.165, 1.54) is 0 Å². The van der Waals surface area contributed by atoms with Crippen LogP contribution in [-0.2, 0) is 16.0 Å². The van der Waals surface area contributed by atoms with E-state index in [0.717, 1.165) is 5.56 Å². The molecule has 0 aliphatic heterocycles. The number of ether oxygens (including phenoxy) is 1. The van der Waals surface area contributed by atoms with Gasteiger partial charge in [0.25, 0.3) is 0 Å². The molecule has 1 aromatic carbocycles. The van der Waals surface area contributed by atoms with E-state index < -0.39 is 5.97 Å². The monoisotopic (exact) mass is 294 g/mol. The summed E-state index contributed by atoms with van der Waals surface area (Å²) < 4.78 is 5.03. The van der Waals surface area contributed by atoms with Crippen molar-refractivity contribution in [3.05, 3.63) is 29.8 Å². The average Bonchev–Trinajstić information content (AvgIpc) is 2.45. The lowest BCUT2D eigenvalue weighted by Crippen LogP contribution is -2.40. The van der Waals surface area contributed by atoms with Gasteiger partial charge in [0.1, 0.15) is 0 Å². The van der Waals surface area contributed by atoms with Crippen LogP contribution in [0.25, 0.3) is 0 Å². The molecule has 0 heterocycles. The van der Waals surface area contributed by atoms with Gasteiger partial charge in [0.2, 0.25) is 0 Å². The summed E-state index contributed by atoms with van der Waals surface area (Å²) in [6, 6.07) is 6.91. The van der Waals surface area contributed by atoms with E-state index in [1.54, 1.807) is 31.2 Å². The molecule has 0 bridgehead atoms. The maximum atomic E-state index is 12.2. The van der Waals surface area contributed by atoms with E-state index in [9.17, 15) is 9.59 Å². The van der Waals surface area contributed by atoms with Crippen LogP contribution in [0.1, 0.15) is 18.9 Å². The van der Waals surface area contributed by atoms with Gasteiger partial charge in [0.15, 0.2) is 0 Å². The number of para-hydroxylation sites is 1. The molecule has 2 N–H and O–H groups in total. The summed E-state index contributed by atoms with van der Waals surface area (Å²) >= 11 is 0. The van der Waals surface area contributed by atoms with Gasteiger partial charge in [-0.3, -0.25) is 4.79 Å². The number of likely N-dealkylation sites (N-methyl/N-ethyl adjacent to an activating group) is 1. The highest BCUT2D eigenvalue weighted by atomic mass is 16.5. The molecule has 0 aliphatic carbocycles. The van der Waals surface area contributed by atoms with Crippen LogP contribution in [0, 0.1) is 0 Å². The summed E-state index contributed by atoms with van der Waals surface area (Å²) in [6.07, 6.45) is 0.409. The van der Waals surface area contributed by atoms with Crippen molar-refractivity contribution in [1.82, 2.24) is 4.90 Å². The number of aryl methyl sites for hydroxylation is 1. The third kappa shape index (κ3) is 5.43. The first-order valence-electron chi connectivity index (χ1n) is 6.78. The Hall–Kier alpha value is -2.08. The standard InChI is InChI=1S/C15H22N2O4/c1-11(10-21-3)17(2)15(20)16-13-7-5-4-6-12(13)8-9-14(18)19/h4-7,11H,8-10H2,1-3H3,(H,16,20)(H,18,19). The van der Waals surface area contributed by atoms with Crippen LogP contribution in [0.15, 0.2) is 24.3 Å². The molecule has 0 aromatic heterocycles. The number of nitrogens with zero attached hydrogens (tertiary/aromatic N) is 1. The molecular weight excluding hydrogens is 272 g/mol. The van der Waals surface area contributed by atoms with Gasteiger partial charge in [0, 0.05) is 26.3 Å². The van der Waals surface area contributed by atoms with Crippen molar-refractivity contribution < 1.29 is 19.4 Å². The Kier molecular flexibility index (Phi) is 6.68. The molecule has 0 fully saturated rings. The van der Waals surface area contributed by atoms with E-state index in [-0.39, 0.29) is 18.5 Å². The van der Waals surface area contributed by atoms with Gasteiger partial charge < -0.3 is 20.1 Å². The fourth-order valence-corrected chi connectivity index (χ4v) is 1.86. The van der Waals surface area contributed by atoms with Gasteiger partial charge in [0.05, 0.1) is 12.6 Å². The van der Waals surface area contributed by atoms with Crippen LogP contribution < -0.4 is 5.32 Å². The number of amides is 2. The number of carbonyl (C=O) groups is 2. The van der Waals surface area contributed by atoms with Crippen molar-refractivity contribution in [2.45, 2.75) is 25.8 Å². The lowest BCUT2D eigenvalue weighted by Gasteiger charge is -2.25. The van der Waals surface area contributed by atoms with Crippen molar-refractivity contribution in [3.8, 4) is 0 Å². The van der Waals surface area contributed by atoms with Crippen LogP contribution in [0.5, 0.6) is 0 Å². The van der Waals surface area contributed by atoms with Gasteiger partial charge in [-0.15, -0.1) is 0 Å². The SMILES string of the molecule is COCC(C)N(C)C(=O)Nc1ccccc1CCC(=O)O. The number of benzene rings is 1. The Balaban J connectivity index is 2.73. The first-order chi connectivity index (χ1) is 9.95. The summed E-state index contributed by atoms with van der Waals surface area (Å²) in [7, 11) is 3.28. The van der Waals surface area contributed by atoms with Crippen molar-refractivity contribution in [2.75, 3.05) is 26.1 Å². The van der Waals surface area contributed by atoms with E-state index in [0.29, 0.717) is 18.7 Å². The molecule has 1 unspecified atom stereocenters. The van der Waals surface area contributed by atoms with Crippen molar-refractivity contribution >= 4 is 17.7 Å². The predicted molar refractivity (Wildman–Crippen MR) is 80.5 cm³/mol. The van der Waals surface area contributed by atoms with Gasteiger partial charge in [-0.25, -0.2) is 4.79 Å². The highest BCUT2D eigenvalue weighted by Gasteiger charge is 2.16. The zero-order chi connectivity index (χ0) is 15.8. The Labute approximate surface area is 124 Å². The van der Waals surface area contributed by atoms with Crippen LogP contribution >= 0.6 is 0 Å². The van der Waals surface area contributed by atoms with Crippen LogP contribution in [-0.4, -0.2) is 48.8 Å². The minimum atomic E-state index is -0.859. The number of hydrogen-bond acceptors (Lipinski definition) is 3. The van der Waals surface area contributed by atoms with Crippen LogP contribution in [0.4, 0.5) is 10.5 Å². The number of rotatable bonds is 7. The van der Waals surface area contributed by atoms with E-state index in [4.69, 9.17) is 9.84 Å². The number of urea groups is 1. The number of nitrogens with one attached hydrogen (secondary N) is 1. The second-order valence-corrected chi connectivity index (χ2v) is 4.90. The Morgan fingerprint density at radius 2 is 2.05 bits per heavy atom. The predicted octanol–water partition coefficient (Wildman–Crippen LogP) is 2.20. The Morgan fingerprint density at radius 3 is 2.67 bits per heavy atom. The largest absolute Gasteiger partial charge is 0.481 e. The van der Waals surface area contributed by atoms with E-state index in [2.05, 4.69) is 5.32 Å². The molecule has 0 aliphatic rings. The fraction of sp³-hybridized carbons (Fsp3) is 0.467. The summed E-state index contributed by atoms with van der Waals surface area (Å²) in [5.74, 6) is -0.859. The summed E-state index contributed by atoms with van der Waals surface area (Å²) in [5.41, 5.74) is 1.45. The average molecular weight is 294 g/mol. The van der Waals surface area contributed by atoms with Crippen molar-refractivity contribution in [2.24, 2.45) is 0 Å². The first-order valence-corrected chi connectivity index (χ1v) is 6.78. The molecule has 1 rings (SSSR count). The van der Waals surface area contributed by atoms with Crippen molar-refractivity contribution in [3.63, 3.8) is 0 Å². The molecule has 2 amide bonds. The fourth-order valence-electron chi connectivity index (χ4n) is 1.86. The second kappa shape index (κ2) is 8.26. The molecule has 1 atom stereocenters. The number of hydrogen-bond donors (Lipinski definition) is 2. The van der Waals surface area contributed by atoms with Gasteiger partial charge in [-0.1, -0.05) is 18.2 Å². The Bertz CT molecular complexity index is 490. The first kappa shape index (κ1) is 17.0. The number of methoxy groups -OCH3 is 1. The highest BCUT2D eigenvalue weighted by Crippen LogP contribution is 2.17. The van der Waals surface area contributed by atoms with E-state index >= 15 is 0 Å². The number of aliphatic carboxylic acids is 1. The van der Waals surface area contributed by atoms with Gasteiger partial charge in [-0.2, -0.15) is 0 Å². The maximum absolute atomic E-state index is 12.2. The number of anilines is 1. The normalized spacial score (nSPS) is 11.8. The van der Waals surface area contributed by atoms with Crippen LogP contribution in [0.2, 0.25) is 0 Å². The molecule has 0 saturated heterocycles. The number of carbonyl (C=O) groups excluding carboxylic acids is 1. The molecule has 0 saturated carbocycles. The van der Waals surface area contributed by atoms with Crippen molar-refractivity contribution in [1.29, 1.82) is 0 Å². The molecule has 6 heteroatoms. The maximum Gasteiger partial charge on any atom is 0.321 e. The quantitative estimate of drug-likeness (QED) is 0.808. The molecule has 1 aromatic rings. The lowest BCUT2D eigenvalue weighted by atomic mass is 10.1. The number of carboxylic acids is 1. The van der Waals surface area contributed by atoms with Gasteiger partial charge >= 0.3 is 12.0 Å². The van der Waals surface area contributed by atoms with Crippen LogP contribution in [0.3, 0.4) is 0 Å². The summed E-state index contributed by atoms with van der Waals surface area (Å²) in [6.45, 7) is 2.34. The second-order valence-electron chi connectivity index (χ2n) is 4.90. The molecule has 0 spiro atoms. The number of carboxylic acid groups (broad SMARTS) is 1. The van der Waals surface area contributed by atoms with Gasteiger partial charge in [-0.05, 0) is 25.0 Å². The molecule has 0 radical (unpaired) electrons. The molecule has 21 heavy (non-hydrogen) atoms. The smallest absolute Gasteiger partial charge is 0.321 e. The minimum absolute atomic E-state index is 0.0306. The molecule has 6 nitrogen and oxygen atoms in total. The zero-order valence-corrected chi connectivity index (χ0v) is 12.6. The Morgan fingerprint density at radius 1 is 1.38 bits per heavy atom. The third-order valence-electron chi connectivity index (χ3n) is 3.26. The third-order valence-corrected chi connectivity index (χ3v) is 3.26. The summed E-state index contributed by atoms with van der Waals surface area (Å²) in [4.78, 5) is 24.4. The highest BCUT2D eigenvalue weighted by molar-refractivity contribution is 5.90. The lowest BCUT2D eigenvalue weighted by molar-refractivity contribution is -0.136. The summed E-state index contributed by atoms with van der Waals surface area (Å²) in [5, 5.41) is 11.6. The van der Waals surface area contributed by atoms with E-state index in [1.807, 2.05) is 19.1 Å². The zero-order valence-electron chi connectivity index (χ0n) is 12.6. The minimum Gasteiger partial charge on any atom is -0.481 e. The molecule has 116 valence electrons. The molecular formula is C15H22N2O4. The topological polar surface area (TPSA) is 78.9 Å².